The number of benzene rings is 4. The molecule has 5 aromatic rings. The van der Waals surface area contributed by atoms with Crippen LogP contribution in [-0.2, 0) is 17.8 Å². The molecular weight excluding hydrogens is 500 g/mol. The van der Waals surface area contributed by atoms with Crippen molar-refractivity contribution in [3.05, 3.63) is 132 Å². The number of carbonyl (C=O) groups excluding carboxylic acids is 2. The van der Waals surface area contributed by atoms with Crippen LogP contribution in [0.5, 0.6) is 0 Å². The fraction of sp³-hybridized carbons (Fsp3) is 0.121. The maximum absolute atomic E-state index is 14.2. The Morgan fingerprint density at radius 1 is 0.775 bits per heavy atom. The molecular formula is C33H30N4O3. The lowest BCUT2D eigenvalue weighted by Crippen LogP contribution is -2.47. The number of hydrazine groups is 1. The molecule has 0 bridgehead atoms. The molecule has 4 aromatic carbocycles. The molecule has 40 heavy (non-hydrogen) atoms. The number of amides is 2. The molecule has 0 atom stereocenters. The van der Waals surface area contributed by atoms with Gasteiger partial charge in [0.1, 0.15) is 0 Å². The van der Waals surface area contributed by atoms with Gasteiger partial charge in [-0.15, -0.1) is 0 Å². The van der Waals surface area contributed by atoms with E-state index in [0.29, 0.717) is 40.9 Å². The number of hydrogen-bond donors (Lipinski definition) is 1. The Labute approximate surface area is 233 Å². The first-order chi connectivity index (χ1) is 19.5. The first kappa shape index (κ1) is 26.6. The van der Waals surface area contributed by atoms with Crippen molar-refractivity contribution in [2.45, 2.75) is 13.1 Å². The van der Waals surface area contributed by atoms with Crippen LogP contribution in [0.4, 0.5) is 10.5 Å². The first-order valence-corrected chi connectivity index (χ1v) is 13.0. The van der Waals surface area contributed by atoms with Gasteiger partial charge in [0.05, 0.1) is 29.6 Å². The van der Waals surface area contributed by atoms with Gasteiger partial charge in [-0.3, -0.25) is 15.1 Å². The second kappa shape index (κ2) is 12.2. The molecule has 0 radical (unpaired) electrons. The molecule has 0 aliphatic heterocycles. The van der Waals surface area contributed by atoms with Gasteiger partial charge in [-0.1, -0.05) is 97.1 Å². The maximum Gasteiger partial charge on any atom is 0.433 e. The number of methoxy groups -OCH3 is 1. The molecule has 7 heteroatoms. The third-order valence-electron chi connectivity index (χ3n) is 6.58. The van der Waals surface area contributed by atoms with E-state index in [9.17, 15) is 9.59 Å². The lowest BCUT2D eigenvalue weighted by molar-refractivity contribution is 0.0941. The molecule has 2 amide bonds. The second-order valence-electron chi connectivity index (χ2n) is 9.44. The normalized spacial score (nSPS) is 10.9. The zero-order valence-electron chi connectivity index (χ0n) is 22.5. The van der Waals surface area contributed by atoms with Gasteiger partial charge in [0.2, 0.25) is 0 Å². The van der Waals surface area contributed by atoms with Crippen molar-refractivity contribution >= 4 is 28.6 Å². The van der Waals surface area contributed by atoms with E-state index in [-0.39, 0.29) is 0 Å². The number of nitrogens with one attached hydrogen (secondary N) is 1. The average molecular weight is 531 g/mol. The summed E-state index contributed by atoms with van der Waals surface area (Å²) >= 11 is 0. The largest absolute Gasteiger partial charge is 0.451 e. The third kappa shape index (κ3) is 5.85. The van der Waals surface area contributed by atoms with E-state index in [1.807, 2.05) is 85.9 Å². The van der Waals surface area contributed by atoms with Crippen molar-refractivity contribution in [2.24, 2.45) is 0 Å². The smallest absolute Gasteiger partial charge is 0.433 e. The summed E-state index contributed by atoms with van der Waals surface area (Å²) < 4.78 is 5.00. The van der Waals surface area contributed by atoms with Crippen molar-refractivity contribution in [1.82, 2.24) is 15.3 Å². The minimum atomic E-state index is -0.705. The summed E-state index contributed by atoms with van der Waals surface area (Å²) in [4.78, 5) is 34.1. The number of fused-ring (bicyclic) bond motifs is 1. The molecule has 0 fully saturated rings. The van der Waals surface area contributed by atoms with E-state index in [0.717, 1.165) is 21.7 Å². The summed E-state index contributed by atoms with van der Waals surface area (Å²) in [6, 6.07) is 36.5. The van der Waals surface area contributed by atoms with Crippen LogP contribution < -0.4 is 10.4 Å². The zero-order chi connectivity index (χ0) is 27.9. The van der Waals surface area contributed by atoms with Crippen molar-refractivity contribution in [1.29, 1.82) is 0 Å². The fourth-order valence-corrected chi connectivity index (χ4v) is 4.76. The van der Waals surface area contributed by atoms with Crippen molar-refractivity contribution < 1.29 is 14.3 Å². The Balaban J connectivity index is 1.64. The number of pyridine rings is 1. The van der Waals surface area contributed by atoms with Gasteiger partial charge < -0.3 is 4.74 Å². The summed E-state index contributed by atoms with van der Waals surface area (Å²) in [7, 11) is 3.30. The molecule has 1 N–H and O–H groups in total. The first-order valence-electron chi connectivity index (χ1n) is 13.0. The lowest BCUT2D eigenvalue weighted by atomic mass is 9.95. The fourth-order valence-electron chi connectivity index (χ4n) is 4.76. The van der Waals surface area contributed by atoms with E-state index in [1.165, 1.54) is 7.11 Å². The van der Waals surface area contributed by atoms with Gasteiger partial charge in [0, 0.05) is 29.6 Å². The number of hydrogen-bond acceptors (Lipinski definition) is 5. The summed E-state index contributed by atoms with van der Waals surface area (Å²) in [6.07, 6.45) is -0.705. The number of aromatic nitrogens is 1. The van der Waals surface area contributed by atoms with Gasteiger partial charge in [-0.25, -0.2) is 9.78 Å². The Hall–Kier alpha value is -5.01. The molecule has 0 unspecified atom stereocenters. The summed E-state index contributed by atoms with van der Waals surface area (Å²) in [5.74, 6) is -0.437. The second-order valence-corrected chi connectivity index (χ2v) is 9.44. The standard InChI is InChI=1S/C33H30N4O3/c1-36(22-24-14-6-3-7-15-24)23-28-30(32(38)35-37(33(39)40-2)26-18-10-5-11-19-26)27-20-12-13-21-29(27)34-31(28)25-16-8-4-9-17-25/h3-21H,22-23H2,1-2H3,(H,35,38). The van der Waals surface area contributed by atoms with Crippen LogP contribution in [0.2, 0.25) is 0 Å². The van der Waals surface area contributed by atoms with Gasteiger partial charge in [0.25, 0.3) is 5.91 Å². The van der Waals surface area contributed by atoms with Gasteiger partial charge >= 0.3 is 6.09 Å². The van der Waals surface area contributed by atoms with Gasteiger partial charge in [0.15, 0.2) is 0 Å². The highest BCUT2D eigenvalue weighted by Gasteiger charge is 2.26. The molecule has 0 aliphatic carbocycles. The number of nitrogens with zero attached hydrogens (tertiary/aromatic N) is 3. The molecule has 0 aliphatic rings. The van der Waals surface area contributed by atoms with Gasteiger partial charge in [-0.05, 0) is 30.8 Å². The minimum Gasteiger partial charge on any atom is -0.451 e. The average Bonchev–Trinajstić information content (AvgIpc) is 3.00. The highest BCUT2D eigenvalue weighted by Crippen LogP contribution is 2.32. The van der Waals surface area contributed by atoms with Crippen LogP contribution in [0.15, 0.2) is 115 Å². The van der Waals surface area contributed by atoms with Gasteiger partial charge in [-0.2, -0.15) is 5.01 Å². The van der Waals surface area contributed by atoms with E-state index < -0.39 is 12.0 Å². The highest BCUT2D eigenvalue weighted by atomic mass is 16.5. The van der Waals surface area contributed by atoms with Crippen LogP contribution in [0.1, 0.15) is 21.5 Å². The molecule has 0 spiro atoms. The number of para-hydroxylation sites is 2. The van der Waals surface area contributed by atoms with Crippen LogP contribution in [0.3, 0.4) is 0 Å². The molecule has 5 rings (SSSR count). The highest BCUT2D eigenvalue weighted by molar-refractivity contribution is 6.10. The van der Waals surface area contributed by atoms with E-state index >= 15 is 0 Å². The SMILES string of the molecule is COC(=O)N(NC(=O)c1c(CN(C)Cc2ccccc2)c(-c2ccccc2)nc2ccccc12)c1ccccc1. The molecule has 7 nitrogen and oxygen atoms in total. The topological polar surface area (TPSA) is 74.8 Å². The number of ether oxygens (including phenoxy) is 1. The molecule has 0 saturated carbocycles. The Morgan fingerprint density at radius 2 is 1.38 bits per heavy atom. The van der Waals surface area contributed by atoms with Crippen LogP contribution in [0, 0.1) is 0 Å². The summed E-state index contributed by atoms with van der Waals surface area (Å²) in [6.45, 7) is 1.13. The van der Waals surface area contributed by atoms with Crippen molar-refractivity contribution in [3.8, 4) is 11.3 Å². The van der Waals surface area contributed by atoms with Crippen LogP contribution in [0.25, 0.3) is 22.2 Å². The molecule has 1 aromatic heterocycles. The third-order valence-corrected chi connectivity index (χ3v) is 6.58. The number of anilines is 1. The monoisotopic (exact) mass is 530 g/mol. The zero-order valence-corrected chi connectivity index (χ0v) is 22.5. The van der Waals surface area contributed by atoms with E-state index in [2.05, 4.69) is 22.5 Å². The Bertz CT molecular complexity index is 1610. The number of rotatable bonds is 7. The molecule has 0 saturated heterocycles. The minimum absolute atomic E-state index is 0.437. The van der Waals surface area contributed by atoms with E-state index in [4.69, 9.17) is 9.72 Å². The van der Waals surface area contributed by atoms with E-state index in [1.54, 1.807) is 24.3 Å². The van der Waals surface area contributed by atoms with Crippen LogP contribution in [-0.4, -0.2) is 36.0 Å². The van der Waals surface area contributed by atoms with Crippen molar-refractivity contribution in [3.63, 3.8) is 0 Å². The Kier molecular flexibility index (Phi) is 8.13. The quantitative estimate of drug-likeness (QED) is 0.245. The predicted octanol–water partition coefficient (Wildman–Crippen LogP) is 6.45. The van der Waals surface area contributed by atoms with Crippen LogP contribution >= 0.6 is 0 Å². The maximum atomic E-state index is 14.2. The van der Waals surface area contributed by atoms with Crippen molar-refractivity contribution in [2.75, 3.05) is 19.2 Å². The number of carbonyl (C=O) groups is 2. The summed E-state index contributed by atoms with van der Waals surface area (Å²) in [5.41, 5.74) is 7.96. The predicted molar refractivity (Wildman–Crippen MR) is 158 cm³/mol. The Morgan fingerprint density at radius 3 is 2.05 bits per heavy atom. The molecule has 200 valence electrons. The molecule has 1 heterocycles. The summed E-state index contributed by atoms with van der Waals surface area (Å²) in [5, 5.41) is 1.82. The lowest BCUT2D eigenvalue weighted by Gasteiger charge is -2.25.